The standard InChI is InChI=1S/C12H18N2O.2C2H6/c1-10-3-4-11(12(9-10)15-2)14-7-5-13-6-8-14;2*1-2/h3-4,9,13H,5-8H2,1-2H3;2*1-2H3. The molecule has 1 N–H and O–H groups in total. The van der Waals surface area contributed by atoms with Crippen molar-refractivity contribution in [1.82, 2.24) is 5.32 Å². The zero-order valence-electron chi connectivity index (χ0n) is 13.4. The van der Waals surface area contributed by atoms with Gasteiger partial charge in [0.05, 0.1) is 12.8 Å². The Labute approximate surface area is 119 Å². The van der Waals surface area contributed by atoms with E-state index in [1.54, 1.807) is 7.11 Å². The van der Waals surface area contributed by atoms with Gasteiger partial charge in [-0.1, -0.05) is 33.8 Å². The molecule has 19 heavy (non-hydrogen) atoms. The zero-order chi connectivity index (χ0) is 14.7. The largest absolute Gasteiger partial charge is 0.495 e. The number of hydrogen-bond donors (Lipinski definition) is 1. The van der Waals surface area contributed by atoms with Gasteiger partial charge in [-0.25, -0.2) is 0 Å². The van der Waals surface area contributed by atoms with Crippen molar-refractivity contribution in [2.24, 2.45) is 0 Å². The van der Waals surface area contributed by atoms with Crippen LogP contribution in [0.3, 0.4) is 0 Å². The lowest BCUT2D eigenvalue weighted by Gasteiger charge is -2.30. The molecule has 1 aliphatic heterocycles. The van der Waals surface area contributed by atoms with Crippen LogP contribution >= 0.6 is 0 Å². The molecule has 0 atom stereocenters. The number of benzene rings is 1. The molecule has 3 heteroatoms. The Bertz CT molecular complexity index is 334. The molecular formula is C16H30N2O. The van der Waals surface area contributed by atoms with Crippen LogP contribution in [-0.2, 0) is 0 Å². The summed E-state index contributed by atoms with van der Waals surface area (Å²) in [6, 6.07) is 6.39. The number of methoxy groups -OCH3 is 1. The summed E-state index contributed by atoms with van der Waals surface area (Å²) in [5.74, 6) is 0.983. The maximum Gasteiger partial charge on any atom is 0.142 e. The highest BCUT2D eigenvalue weighted by molar-refractivity contribution is 5.60. The Morgan fingerprint density at radius 3 is 2.16 bits per heavy atom. The summed E-state index contributed by atoms with van der Waals surface area (Å²) in [7, 11) is 1.74. The molecule has 0 radical (unpaired) electrons. The van der Waals surface area contributed by atoms with Crippen molar-refractivity contribution in [3.63, 3.8) is 0 Å². The van der Waals surface area contributed by atoms with E-state index in [9.17, 15) is 0 Å². The van der Waals surface area contributed by atoms with Crippen LogP contribution in [-0.4, -0.2) is 33.3 Å². The third-order valence-electron chi connectivity index (χ3n) is 2.79. The molecule has 0 bridgehead atoms. The van der Waals surface area contributed by atoms with Gasteiger partial charge in [0.15, 0.2) is 0 Å². The summed E-state index contributed by atoms with van der Waals surface area (Å²) in [5, 5.41) is 3.35. The quantitative estimate of drug-likeness (QED) is 0.887. The number of hydrogen-bond acceptors (Lipinski definition) is 3. The predicted octanol–water partition coefficient (Wildman–Crippen LogP) is 3.47. The fourth-order valence-corrected chi connectivity index (χ4v) is 1.95. The second-order valence-corrected chi connectivity index (χ2v) is 3.91. The first-order valence-corrected chi connectivity index (χ1v) is 7.41. The van der Waals surface area contributed by atoms with Crippen molar-refractivity contribution in [3.05, 3.63) is 23.8 Å². The molecule has 3 nitrogen and oxygen atoms in total. The Morgan fingerprint density at radius 2 is 1.63 bits per heavy atom. The van der Waals surface area contributed by atoms with Gasteiger partial charge in [0.1, 0.15) is 5.75 Å². The van der Waals surface area contributed by atoms with E-state index in [0.717, 1.165) is 31.9 Å². The monoisotopic (exact) mass is 266 g/mol. The first-order valence-electron chi connectivity index (χ1n) is 7.41. The number of nitrogens with one attached hydrogen (secondary N) is 1. The van der Waals surface area contributed by atoms with Gasteiger partial charge in [0.25, 0.3) is 0 Å². The minimum atomic E-state index is 0.983. The van der Waals surface area contributed by atoms with Crippen LogP contribution in [0.2, 0.25) is 0 Å². The summed E-state index contributed by atoms with van der Waals surface area (Å²) in [6.45, 7) is 14.3. The Kier molecular flexibility index (Phi) is 9.99. The molecule has 2 rings (SSSR count). The fourth-order valence-electron chi connectivity index (χ4n) is 1.95. The van der Waals surface area contributed by atoms with Gasteiger partial charge >= 0.3 is 0 Å². The molecule has 0 unspecified atom stereocenters. The average Bonchev–Trinajstić information content (AvgIpc) is 2.52. The normalized spacial score (nSPS) is 13.7. The molecule has 1 fully saturated rings. The topological polar surface area (TPSA) is 24.5 Å². The van der Waals surface area contributed by atoms with Crippen molar-refractivity contribution in [2.45, 2.75) is 34.6 Å². The molecule has 0 amide bonds. The lowest BCUT2D eigenvalue weighted by molar-refractivity contribution is 0.412. The van der Waals surface area contributed by atoms with Crippen molar-refractivity contribution in [3.8, 4) is 5.75 Å². The van der Waals surface area contributed by atoms with E-state index < -0.39 is 0 Å². The van der Waals surface area contributed by atoms with Crippen LogP contribution in [0.1, 0.15) is 33.3 Å². The van der Waals surface area contributed by atoms with E-state index >= 15 is 0 Å². The molecule has 1 aromatic carbocycles. The number of aryl methyl sites for hydroxylation is 1. The maximum atomic E-state index is 5.42. The summed E-state index contributed by atoms with van der Waals surface area (Å²) in [6.07, 6.45) is 0. The smallest absolute Gasteiger partial charge is 0.142 e. The van der Waals surface area contributed by atoms with Crippen LogP contribution in [0, 0.1) is 6.92 Å². The molecule has 0 aromatic heterocycles. The fraction of sp³-hybridized carbons (Fsp3) is 0.625. The predicted molar refractivity (Wildman–Crippen MR) is 85.5 cm³/mol. The highest BCUT2D eigenvalue weighted by Crippen LogP contribution is 2.29. The number of ether oxygens (including phenoxy) is 1. The minimum Gasteiger partial charge on any atom is -0.495 e. The molecule has 1 saturated heterocycles. The zero-order valence-corrected chi connectivity index (χ0v) is 13.4. The average molecular weight is 266 g/mol. The number of rotatable bonds is 2. The van der Waals surface area contributed by atoms with E-state index in [4.69, 9.17) is 4.74 Å². The van der Waals surface area contributed by atoms with E-state index in [1.165, 1.54) is 11.3 Å². The van der Waals surface area contributed by atoms with Crippen molar-refractivity contribution in [2.75, 3.05) is 38.2 Å². The van der Waals surface area contributed by atoms with Crippen molar-refractivity contribution < 1.29 is 4.74 Å². The molecule has 1 aromatic rings. The molecule has 0 spiro atoms. The van der Waals surface area contributed by atoms with E-state index in [-0.39, 0.29) is 0 Å². The highest BCUT2D eigenvalue weighted by atomic mass is 16.5. The second-order valence-electron chi connectivity index (χ2n) is 3.91. The Balaban J connectivity index is 0.000000741. The van der Waals surface area contributed by atoms with Crippen molar-refractivity contribution >= 4 is 5.69 Å². The van der Waals surface area contributed by atoms with Gasteiger partial charge in [0.2, 0.25) is 0 Å². The van der Waals surface area contributed by atoms with Gasteiger partial charge in [-0.2, -0.15) is 0 Å². The van der Waals surface area contributed by atoms with Gasteiger partial charge in [-0.15, -0.1) is 0 Å². The van der Waals surface area contributed by atoms with Gasteiger partial charge in [0, 0.05) is 26.2 Å². The summed E-state index contributed by atoms with van der Waals surface area (Å²) >= 11 is 0. The molecular weight excluding hydrogens is 236 g/mol. The van der Waals surface area contributed by atoms with Gasteiger partial charge < -0.3 is 15.0 Å². The SMILES string of the molecule is CC.CC.COc1cc(C)ccc1N1CCNCC1. The second kappa shape index (κ2) is 10.7. The summed E-state index contributed by atoms with van der Waals surface area (Å²) in [5.41, 5.74) is 2.45. The summed E-state index contributed by atoms with van der Waals surface area (Å²) < 4.78 is 5.42. The molecule has 1 aliphatic rings. The van der Waals surface area contributed by atoms with Crippen LogP contribution in [0.4, 0.5) is 5.69 Å². The Morgan fingerprint density at radius 1 is 1.05 bits per heavy atom. The Hall–Kier alpha value is -1.22. The molecule has 0 saturated carbocycles. The van der Waals surface area contributed by atoms with Gasteiger partial charge in [-0.05, 0) is 24.6 Å². The first kappa shape index (κ1) is 17.8. The number of nitrogens with zero attached hydrogens (tertiary/aromatic N) is 1. The lowest BCUT2D eigenvalue weighted by atomic mass is 10.2. The van der Waals surface area contributed by atoms with E-state index in [2.05, 4.69) is 35.3 Å². The third kappa shape index (κ3) is 5.52. The third-order valence-corrected chi connectivity index (χ3v) is 2.79. The number of piperazine rings is 1. The minimum absolute atomic E-state index is 0.983. The first-order chi connectivity index (χ1) is 9.31. The van der Waals surface area contributed by atoms with Crippen LogP contribution in [0.25, 0.3) is 0 Å². The van der Waals surface area contributed by atoms with E-state index in [1.807, 2.05) is 27.7 Å². The van der Waals surface area contributed by atoms with Crippen LogP contribution in [0.15, 0.2) is 18.2 Å². The lowest BCUT2D eigenvalue weighted by Crippen LogP contribution is -2.43. The number of anilines is 1. The molecule has 0 aliphatic carbocycles. The van der Waals surface area contributed by atoms with Crippen LogP contribution in [0.5, 0.6) is 5.75 Å². The van der Waals surface area contributed by atoms with Crippen LogP contribution < -0.4 is 15.0 Å². The molecule has 1 heterocycles. The highest BCUT2D eigenvalue weighted by Gasteiger charge is 2.14. The van der Waals surface area contributed by atoms with Crippen molar-refractivity contribution in [1.29, 1.82) is 0 Å². The van der Waals surface area contributed by atoms with Gasteiger partial charge in [-0.3, -0.25) is 0 Å². The molecule has 110 valence electrons. The summed E-state index contributed by atoms with van der Waals surface area (Å²) in [4.78, 5) is 2.37. The van der Waals surface area contributed by atoms with E-state index in [0.29, 0.717) is 0 Å². The maximum absolute atomic E-state index is 5.42.